The van der Waals surface area contributed by atoms with E-state index in [1.807, 2.05) is 28.1 Å². The summed E-state index contributed by atoms with van der Waals surface area (Å²) in [6.45, 7) is 2.68. The topological polar surface area (TPSA) is 60.1 Å². The molecule has 0 saturated carbocycles. The zero-order valence-corrected chi connectivity index (χ0v) is 13.8. The summed E-state index contributed by atoms with van der Waals surface area (Å²) >= 11 is 1.39. The first-order chi connectivity index (χ1) is 11.7. The van der Waals surface area contributed by atoms with E-state index in [4.69, 9.17) is 4.42 Å². The molecule has 0 saturated heterocycles. The average Bonchev–Trinajstić information content (AvgIpc) is 3.28. The maximum atomic E-state index is 12.7. The van der Waals surface area contributed by atoms with Crippen LogP contribution >= 0.6 is 11.3 Å². The van der Waals surface area contributed by atoms with Crippen molar-refractivity contribution >= 4 is 33.5 Å². The molecule has 1 N–H and O–H groups in total. The highest BCUT2D eigenvalue weighted by atomic mass is 32.1. The number of fused-ring (bicyclic) bond motifs is 1. The number of anilines is 1. The molecule has 6 heteroatoms. The number of hydrogen-bond donors (Lipinski definition) is 1. The normalized spacial score (nSPS) is 11.0. The van der Waals surface area contributed by atoms with Gasteiger partial charge in [-0.25, -0.2) is 4.98 Å². The van der Waals surface area contributed by atoms with Crippen molar-refractivity contribution in [2.75, 3.05) is 5.32 Å². The molecule has 0 spiro atoms. The van der Waals surface area contributed by atoms with Crippen molar-refractivity contribution in [3.63, 3.8) is 0 Å². The van der Waals surface area contributed by atoms with E-state index in [0.717, 1.165) is 5.52 Å². The Balaban J connectivity index is 1.74. The lowest BCUT2D eigenvalue weighted by molar-refractivity contribution is 0.101. The third-order valence-corrected chi connectivity index (χ3v) is 4.69. The van der Waals surface area contributed by atoms with E-state index in [9.17, 15) is 4.79 Å². The lowest BCUT2D eigenvalue weighted by Crippen LogP contribution is -2.17. The van der Waals surface area contributed by atoms with E-state index in [-0.39, 0.29) is 5.91 Å². The van der Waals surface area contributed by atoms with E-state index >= 15 is 0 Å². The van der Waals surface area contributed by atoms with Gasteiger partial charge in [0, 0.05) is 30.3 Å². The van der Waals surface area contributed by atoms with Gasteiger partial charge in [0.1, 0.15) is 5.69 Å². The molecule has 0 aliphatic rings. The number of nitrogens with zero attached hydrogens (tertiary/aromatic N) is 2. The lowest BCUT2D eigenvalue weighted by atomic mass is 10.1. The predicted molar refractivity (Wildman–Crippen MR) is 94.6 cm³/mol. The minimum Gasteiger partial charge on any atom is -0.463 e. The number of carbonyl (C=O) groups is 1. The van der Waals surface area contributed by atoms with Gasteiger partial charge in [-0.15, -0.1) is 11.3 Å². The predicted octanol–water partition coefficient (Wildman–Crippen LogP) is 4.30. The van der Waals surface area contributed by atoms with Crippen LogP contribution in [0.3, 0.4) is 0 Å². The molecule has 3 heterocycles. The Morgan fingerprint density at radius 3 is 3.00 bits per heavy atom. The number of aromatic nitrogens is 2. The molecule has 0 aliphatic carbocycles. The van der Waals surface area contributed by atoms with E-state index in [0.29, 0.717) is 23.0 Å². The van der Waals surface area contributed by atoms with Crippen molar-refractivity contribution in [1.82, 2.24) is 9.55 Å². The van der Waals surface area contributed by atoms with Gasteiger partial charge in [0.2, 0.25) is 0 Å². The summed E-state index contributed by atoms with van der Waals surface area (Å²) in [7, 11) is 0. The Kier molecular flexibility index (Phi) is 3.66. The molecule has 4 rings (SSSR count). The first-order valence-corrected chi connectivity index (χ1v) is 8.42. The maximum Gasteiger partial charge on any atom is 0.274 e. The highest BCUT2D eigenvalue weighted by Gasteiger charge is 2.18. The minimum absolute atomic E-state index is 0.190. The molecule has 0 aliphatic heterocycles. The number of rotatable bonds is 4. The van der Waals surface area contributed by atoms with Crippen LogP contribution in [0.2, 0.25) is 0 Å². The van der Waals surface area contributed by atoms with Gasteiger partial charge in [0.25, 0.3) is 5.91 Å². The molecule has 0 atom stereocenters. The molecule has 120 valence electrons. The Morgan fingerprint density at radius 1 is 1.33 bits per heavy atom. The summed E-state index contributed by atoms with van der Waals surface area (Å²) in [5.74, 6) is -0.190. The number of benzene rings is 1. The smallest absolute Gasteiger partial charge is 0.274 e. The van der Waals surface area contributed by atoms with Crippen molar-refractivity contribution in [2.45, 2.75) is 13.5 Å². The van der Waals surface area contributed by atoms with Crippen molar-refractivity contribution in [2.24, 2.45) is 0 Å². The van der Waals surface area contributed by atoms with Gasteiger partial charge >= 0.3 is 0 Å². The van der Waals surface area contributed by atoms with Crippen LogP contribution in [0.5, 0.6) is 0 Å². The number of carbonyl (C=O) groups excluding carboxylic acids is 1. The number of furan rings is 1. The molecular formula is C18H15N3O2S. The molecule has 4 aromatic rings. The van der Waals surface area contributed by atoms with Crippen LogP contribution in [0.1, 0.15) is 21.6 Å². The summed E-state index contributed by atoms with van der Waals surface area (Å²) in [6, 6.07) is 11.8. The van der Waals surface area contributed by atoms with Gasteiger partial charge in [-0.2, -0.15) is 0 Å². The lowest BCUT2D eigenvalue weighted by Gasteiger charge is -2.11. The second-order valence-corrected chi connectivity index (χ2v) is 6.40. The number of thiazole rings is 1. The van der Waals surface area contributed by atoms with Crippen LogP contribution in [-0.2, 0) is 6.54 Å². The van der Waals surface area contributed by atoms with Gasteiger partial charge < -0.3 is 8.98 Å². The number of amides is 1. The van der Waals surface area contributed by atoms with Crippen LogP contribution < -0.4 is 5.32 Å². The molecule has 0 radical (unpaired) electrons. The summed E-state index contributed by atoms with van der Waals surface area (Å²) in [5, 5.41) is 5.25. The summed E-state index contributed by atoms with van der Waals surface area (Å²) in [5.41, 5.74) is 4.52. The van der Waals surface area contributed by atoms with Gasteiger partial charge in [0.15, 0.2) is 10.7 Å². The average molecular weight is 337 g/mol. The highest BCUT2D eigenvalue weighted by molar-refractivity contribution is 7.13. The zero-order valence-electron chi connectivity index (χ0n) is 13.0. The number of hydrogen-bond acceptors (Lipinski definition) is 4. The van der Waals surface area contributed by atoms with Crippen molar-refractivity contribution in [3.05, 3.63) is 71.1 Å². The fourth-order valence-electron chi connectivity index (χ4n) is 2.74. The largest absolute Gasteiger partial charge is 0.463 e. The van der Waals surface area contributed by atoms with E-state index < -0.39 is 0 Å². The van der Waals surface area contributed by atoms with Crippen LogP contribution in [0.15, 0.2) is 58.7 Å². The third kappa shape index (κ3) is 2.61. The van der Waals surface area contributed by atoms with Crippen LogP contribution in [0.4, 0.5) is 5.13 Å². The minimum atomic E-state index is -0.190. The second kappa shape index (κ2) is 5.98. The van der Waals surface area contributed by atoms with E-state index in [2.05, 4.69) is 29.4 Å². The molecule has 1 amide bonds. The molecule has 0 fully saturated rings. The van der Waals surface area contributed by atoms with Crippen LogP contribution in [0.25, 0.3) is 11.1 Å². The molecule has 5 nitrogen and oxygen atoms in total. The molecule has 0 bridgehead atoms. The van der Waals surface area contributed by atoms with Gasteiger partial charge in [-0.1, -0.05) is 24.3 Å². The van der Waals surface area contributed by atoms with E-state index in [1.54, 1.807) is 18.5 Å². The highest BCUT2D eigenvalue weighted by Crippen LogP contribution is 2.24. The SMILES string of the molecule is Cc1ccccc1Cn1c(C(=O)Nc2nccs2)cc2occc21. The summed E-state index contributed by atoms with van der Waals surface area (Å²) in [4.78, 5) is 16.8. The Bertz CT molecular complexity index is 999. The summed E-state index contributed by atoms with van der Waals surface area (Å²) < 4.78 is 7.45. The first kappa shape index (κ1) is 14.7. The van der Waals surface area contributed by atoms with Gasteiger partial charge in [-0.05, 0) is 18.1 Å². The van der Waals surface area contributed by atoms with Crippen molar-refractivity contribution in [1.29, 1.82) is 0 Å². The fourth-order valence-corrected chi connectivity index (χ4v) is 3.26. The molecule has 0 unspecified atom stereocenters. The maximum absolute atomic E-state index is 12.7. The quantitative estimate of drug-likeness (QED) is 0.604. The van der Waals surface area contributed by atoms with Gasteiger partial charge in [0.05, 0.1) is 11.8 Å². The number of aryl methyl sites for hydroxylation is 1. The zero-order chi connectivity index (χ0) is 16.5. The molecular weight excluding hydrogens is 322 g/mol. The van der Waals surface area contributed by atoms with Gasteiger partial charge in [-0.3, -0.25) is 10.1 Å². The van der Waals surface area contributed by atoms with Crippen molar-refractivity contribution < 1.29 is 9.21 Å². The van der Waals surface area contributed by atoms with Crippen LogP contribution in [-0.4, -0.2) is 15.5 Å². The fraction of sp³-hybridized carbons (Fsp3) is 0.111. The molecule has 1 aromatic carbocycles. The molecule has 3 aromatic heterocycles. The third-order valence-electron chi connectivity index (χ3n) is 4.00. The molecule has 24 heavy (non-hydrogen) atoms. The standard InChI is InChI=1S/C18H15N3O2S/c1-12-4-2-3-5-13(12)11-21-14-6-8-23-16(14)10-15(21)17(22)20-18-19-7-9-24-18/h2-10H,11H2,1H3,(H,19,20,22). The van der Waals surface area contributed by atoms with Crippen LogP contribution in [0, 0.1) is 6.92 Å². The second-order valence-electron chi connectivity index (χ2n) is 5.50. The van der Waals surface area contributed by atoms with Crippen molar-refractivity contribution in [3.8, 4) is 0 Å². The monoisotopic (exact) mass is 337 g/mol. The van der Waals surface area contributed by atoms with E-state index in [1.165, 1.54) is 22.5 Å². The first-order valence-electron chi connectivity index (χ1n) is 7.54. The number of nitrogens with one attached hydrogen (secondary N) is 1. The Hall–Kier alpha value is -2.86. The Morgan fingerprint density at radius 2 is 2.21 bits per heavy atom. The Labute approximate surface area is 142 Å². The summed E-state index contributed by atoms with van der Waals surface area (Å²) in [6.07, 6.45) is 3.31.